The summed E-state index contributed by atoms with van der Waals surface area (Å²) in [4.78, 5) is 14.0. The number of fused-ring (bicyclic) bond motifs is 1. The van der Waals surface area contributed by atoms with Crippen molar-refractivity contribution in [3.63, 3.8) is 0 Å². The number of carbonyl (C=O) groups excluding carboxylic acids is 1. The second kappa shape index (κ2) is 6.55. The summed E-state index contributed by atoms with van der Waals surface area (Å²) in [7, 11) is 1.72. The van der Waals surface area contributed by atoms with E-state index in [9.17, 15) is 4.79 Å². The fourth-order valence-corrected chi connectivity index (χ4v) is 2.40. The molecule has 1 heterocycles. The lowest BCUT2D eigenvalue weighted by molar-refractivity contribution is -0.131. The van der Waals surface area contributed by atoms with Gasteiger partial charge in [-0.2, -0.15) is 0 Å². The van der Waals surface area contributed by atoms with Crippen LogP contribution in [-0.2, 0) is 22.5 Å². The van der Waals surface area contributed by atoms with Crippen LogP contribution in [-0.4, -0.2) is 31.1 Å². The Morgan fingerprint density at radius 3 is 2.72 bits per heavy atom. The van der Waals surface area contributed by atoms with Gasteiger partial charge in [-0.1, -0.05) is 24.3 Å². The first-order valence-corrected chi connectivity index (χ1v) is 6.65. The van der Waals surface area contributed by atoms with E-state index < -0.39 is 0 Å². The zero-order valence-electron chi connectivity index (χ0n) is 11.0. The smallest absolute Gasteiger partial charge is 0.223 e. The number of unbranched alkanes of at least 4 members (excludes halogenated alkanes) is 1. The standard InChI is InChI=1S/C15H21NO2/c1-18-11-5-4-10-16-12-14-7-3-2-6-13(14)8-9-15(16)17/h2-3,6-7H,4-5,8-12H2,1H3. The molecule has 0 radical (unpaired) electrons. The Kier molecular flexibility index (Phi) is 4.76. The molecular formula is C15H21NO2. The third kappa shape index (κ3) is 3.33. The number of benzene rings is 1. The molecule has 0 aliphatic carbocycles. The number of nitrogens with zero attached hydrogens (tertiary/aromatic N) is 1. The number of carbonyl (C=O) groups is 1. The molecule has 0 spiro atoms. The van der Waals surface area contributed by atoms with Gasteiger partial charge in [-0.3, -0.25) is 4.79 Å². The molecule has 1 amide bonds. The van der Waals surface area contributed by atoms with Gasteiger partial charge in [0.05, 0.1) is 0 Å². The van der Waals surface area contributed by atoms with Gasteiger partial charge in [0.15, 0.2) is 0 Å². The van der Waals surface area contributed by atoms with Crippen LogP contribution in [0.2, 0.25) is 0 Å². The highest BCUT2D eigenvalue weighted by molar-refractivity contribution is 5.77. The van der Waals surface area contributed by atoms with Crippen LogP contribution in [0, 0.1) is 0 Å². The number of rotatable bonds is 5. The van der Waals surface area contributed by atoms with Crippen molar-refractivity contribution in [1.29, 1.82) is 0 Å². The lowest BCUT2D eigenvalue weighted by Gasteiger charge is -2.21. The van der Waals surface area contributed by atoms with E-state index >= 15 is 0 Å². The zero-order chi connectivity index (χ0) is 12.8. The summed E-state index contributed by atoms with van der Waals surface area (Å²) in [6.07, 6.45) is 3.55. The first-order valence-electron chi connectivity index (χ1n) is 6.65. The Hall–Kier alpha value is -1.35. The third-order valence-corrected chi connectivity index (χ3v) is 3.47. The van der Waals surface area contributed by atoms with Crippen molar-refractivity contribution in [2.45, 2.75) is 32.2 Å². The highest BCUT2D eigenvalue weighted by atomic mass is 16.5. The monoisotopic (exact) mass is 247 g/mol. The maximum absolute atomic E-state index is 12.0. The van der Waals surface area contributed by atoms with Crippen molar-refractivity contribution in [2.24, 2.45) is 0 Å². The maximum Gasteiger partial charge on any atom is 0.223 e. The Labute approximate surface area is 109 Å². The van der Waals surface area contributed by atoms with E-state index in [0.717, 1.165) is 39.0 Å². The Morgan fingerprint density at radius 1 is 1.17 bits per heavy atom. The summed E-state index contributed by atoms with van der Waals surface area (Å²) in [5.41, 5.74) is 2.63. The molecule has 0 fully saturated rings. The molecule has 0 atom stereocenters. The van der Waals surface area contributed by atoms with E-state index in [2.05, 4.69) is 24.3 Å². The van der Waals surface area contributed by atoms with Crippen molar-refractivity contribution in [1.82, 2.24) is 4.90 Å². The van der Waals surface area contributed by atoms with E-state index in [0.29, 0.717) is 6.42 Å². The normalized spacial score (nSPS) is 15.4. The molecule has 0 bridgehead atoms. The second-order valence-electron chi connectivity index (χ2n) is 4.78. The molecule has 1 aliphatic heterocycles. The van der Waals surface area contributed by atoms with Crippen molar-refractivity contribution in [3.8, 4) is 0 Å². The average molecular weight is 247 g/mol. The first-order chi connectivity index (χ1) is 8.81. The van der Waals surface area contributed by atoms with E-state index in [-0.39, 0.29) is 5.91 Å². The third-order valence-electron chi connectivity index (χ3n) is 3.47. The van der Waals surface area contributed by atoms with Crippen molar-refractivity contribution in [3.05, 3.63) is 35.4 Å². The number of aryl methyl sites for hydroxylation is 1. The molecule has 0 saturated carbocycles. The van der Waals surface area contributed by atoms with Crippen molar-refractivity contribution < 1.29 is 9.53 Å². The molecular weight excluding hydrogens is 226 g/mol. The van der Waals surface area contributed by atoms with Gasteiger partial charge in [-0.05, 0) is 30.4 Å². The highest BCUT2D eigenvalue weighted by Gasteiger charge is 2.19. The Bertz CT molecular complexity index is 403. The molecule has 18 heavy (non-hydrogen) atoms. The lowest BCUT2D eigenvalue weighted by Crippen LogP contribution is -2.30. The van der Waals surface area contributed by atoms with Crippen LogP contribution in [0.4, 0.5) is 0 Å². The van der Waals surface area contributed by atoms with E-state index in [4.69, 9.17) is 4.74 Å². The largest absolute Gasteiger partial charge is 0.385 e. The van der Waals surface area contributed by atoms with Crippen LogP contribution in [0.1, 0.15) is 30.4 Å². The maximum atomic E-state index is 12.0. The van der Waals surface area contributed by atoms with Gasteiger partial charge in [-0.15, -0.1) is 0 Å². The van der Waals surface area contributed by atoms with Crippen LogP contribution < -0.4 is 0 Å². The van der Waals surface area contributed by atoms with Gasteiger partial charge in [0.2, 0.25) is 5.91 Å². The van der Waals surface area contributed by atoms with Gasteiger partial charge >= 0.3 is 0 Å². The van der Waals surface area contributed by atoms with Gasteiger partial charge in [0.25, 0.3) is 0 Å². The van der Waals surface area contributed by atoms with Crippen LogP contribution >= 0.6 is 0 Å². The zero-order valence-corrected chi connectivity index (χ0v) is 11.0. The quantitative estimate of drug-likeness (QED) is 0.748. The van der Waals surface area contributed by atoms with Crippen LogP contribution in [0.15, 0.2) is 24.3 Å². The summed E-state index contributed by atoms with van der Waals surface area (Å²) in [5, 5.41) is 0. The number of hydrogen-bond donors (Lipinski definition) is 0. The van der Waals surface area contributed by atoms with Gasteiger partial charge < -0.3 is 9.64 Å². The SMILES string of the molecule is COCCCCN1Cc2ccccc2CCC1=O. The molecule has 1 aliphatic rings. The van der Waals surface area contributed by atoms with Crippen LogP contribution in [0.5, 0.6) is 0 Å². The summed E-state index contributed by atoms with van der Waals surface area (Å²) in [5.74, 6) is 0.281. The molecule has 98 valence electrons. The molecule has 2 rings (SSSR count). The van der Waals surface area contributed by atoms with Gasteiger partial charge in [0.1, 0.15) is 0 Å². The molecule has 3 nitrogen and oxygen atoms in total. The Morgan fingerprint density at radius 2 is 1.94 bits per heavy atom. The molecule has 0 aromatic heterocycles. The minimum absolute atomic E-state index is 0.281. The summed E-state index contributed by atoms with van der Waals surface area (Å²) >= 11 is 0. The second-order valence-corrected chi connectivity index (χ2v) is 4.78. The summed E-state index contributed by atoms with van der Waals surface area (Å²) in [6.45, 7) is 2.39. The topological polar surface area (TPSA) is 29.5 Å². The minimum atomic E-state index is 0.281. The average Bonchev–Trinajstić information content (AvgIpc) is 2.55. The fourth-order valence-electron chi connectivity index (χ4n) is 2.40. The minimum Gasteiger partial charge on any atom is -0.385 e. The number of methoxy groups -OCH3 is 1. The predicted molar refractivity (Wildman–Crippen MR) is 71.3 cm³/mol. The molecule has 0 N–H and O–H groups in total. The Balaban J connectivity index is 1.96. The molecule has 0 saturated heterocycles. The van der Waals surface area contributed by atoms with Crippen LogP contribution in [0.3, 0.4) is 0 Å². The van der Waals surface area contributed by atoms with Crippen molar-refractivity contribution in [2.75, 3.05) is 20.3 Å². The van der Waals surface area contributed by atoms with Gasteiger partial charge in [-0.25, -0.2) is 0 Å². The number of hydrogen-bond acceptors (Lipinski definition) is 2. The first kappa shape index (κ1) is 13.1. The van der Waals surface area contributed by atoms with E-state index in [1.54, 1.807) is 7.11 Å². The highest BCUT2D eigenvalue weighted by Crippen LogP contribution is 2.19. The molecule has 0 unspecified atom stereocenters. The van der Waals surface area contributed by atoms with Crippen molar-refractivity contribution >= 4 is 5.91 Å². The fraction of sp³-hybridized carbons (Fsp3) is 0.533. The number of ether oxygens (including phenoxy) is 1. The summed E-state index contributed by atoms with van der Waals surface area (Å²) < 4.78 is 5.04. The van der Waals surface area contributed by atoms with Crippen LogP contribution in [0.25, 0.3) is 0 Å². The lowest BCUT2D eigenvalue weighted by atomic mass is 10.0. The molecule has 1 aromatic carbocycles. The van der Waals surface area contributed by atoms with Gasteiger partial charge in [0, 0.05) is 33.2 Å². The van der Waals surface area contributed by atoms with E-state index in [1.807, 2.05) is 4.90 Å². The molecule has 1 aromatic rings. The molecule has 3 heteroatoms. The van der Waals surface area contributed by atoms with E-state index in [1.165, 1.54) is 11.1 Å². The predicted octanol–water partition coefficient (Wildman–Crippen LogP) is 2.39. The number of amides is 1. The summed E-state index contributed by atoms with van der Waals surface area (Å²) in [6, 6.07) is 8.38.